The largest absolute Gasteiger partial charge is 0.253 e. The fraction of sp³-hybridized carbons (Fsp3) is 1.00. The van der Waals surface area contributed by atoms with E-state index in [-0.39, 0.29) is 4.66 Å². The maximum Gasteiger partial charge on any atom is 0.253 e. The minimum absolute atomic E-state index is 0.285. The fourth-order valence-electron chi connectivity index (χ4n) is 0.385. The van der Waals surface area contributed by atoms with Crippen LogP contribution in [-0.4, -0.2) is 13.4 Å². The molecule has 0 rings (SSSR count). The molecule has 0 aromatic heterocycles. The summed E-state index contributed by atoms with van der Waals surface area (Å²) < 4.78 is -0.285. The SMILES string of the molecule is CC(C)([Si](C)(Cl)Cl)[Si](C)(Cl)Cl. The van der Waals surface area contributed by atoms with Crippen molar-refractivity contribution >= 4 is 57.7 Å². The lowest BCUT2D eigenvalue weighted by Crippen LogP contribution is -2.45. The number of halogens is 4. The van der Waals surface area contributed by atoms with E-state index in [0.717, 1.165) is 0 Å². The summed E-state index contributed by atoms with van der Waals surface area (Å²) in [7, 11) is 0. The molecule has 0 aromatic rings. The summed E-state index contributed by atoms with van der Waals surface area (Å²) in [6, 6.07) is 0. The Morgan fingerprint density at radius 2 is 1.00 bits per heavy atom. The van der Waals surface area contributed by atoms with Gasteiger partial charge in [0.1, 0.15) is 0 Å². The van der Waals surface area contributed by atoms with Crippen LogP contribution in [0.25, 0.3) is 0 Å². The van der Waals surface area contributed by atoms with Crippen molar-refractivity contribution in [3.8, 4) is 0 Å². The van der Waals surface area contributed by atoms with Crippen LogP contribution < -0.4 is 0 Å². The van der Waals surface area contributed by atoms with E-state index in [0.29, 0.717) is 0 Å². The zero-order valence-electron chi connectivity index (χ0n) is 7.01. The van der Waals surface area contributed by atoms with E-state index in [4.69, 9.17) is 44.3 Å². The van der Waals surface area contributed by atoms with Crippen LogP contribution in [0, 0.1) is 0 Å². The lowest BCUT2D eigenvalue weighted by Gasteiger charge is -2.38. The van der Waals surface area contributed by atoms with Gasteiger partial charge in [-0.3, -0.25) is 0 Å². The Balaban J connectivity index is 4.75. The van der Waals surface area contributed by atoms with Crippen molar-refractivity contribution < 1.29 is 0 Å². The van der Waals surface area contributed by atoms with Crippen molar-refractivity contribution in [2.24, 2.45) is 0 Å². The van der Waals surface area contributed by atoms with Gasteiger partial charge in [-0.2, -0.15) is 0 Å². The molecule has 6 heteroatoms. The molecule has 0 atom stereocenters. The predicted molar refractivity (Wildman–Crippen MR) is 60.7 cm³/mol. The highest BCUT2D eigenvalue weighted by molar-refractivity contribution is 7.57. The van der Waals surface area contributed by atoms with Crippen LogP contribution in [0.1, 0.15) is 13.8 Å². The first-order chi connectivity index (χ1) is 4.50. The van der Waals surface area contributed by atoms with Gasteiger partial charge >= 0.3 is 0 Å². The van der Waals surface area contributed by atoms with Crippen LogP contribution >= 0.6 is 44.3 Å². The third kappa shape index (κ3) is 2.78. The molecule has 0 unspecified atom stereocenters. The van der Waals surface area contributed by atoms with Gasteiger partial charge in [0.2, 0.25) is 0 Å². The van der Waals surface area contributed by atoms with Gasteiger partial charge in [0.25, 0.3) is 13.4 Å². The second-order valence-corrected chi connectivity index (χ2v) is 20.2. The predicted octanol–water partition coefficient (Wildman–Crippen LogP) is 4.41. The van der Waals surface area contributed by atoms with Crippen LogP contribution in [0.3, 0.4) is 0 Å². The van der Waals surface area contributed by atoms with E-state index in [1.165, 1.54) is 0 Å². The van der Waals surface area contributed by atoms with Crippen molar-refractivity contribution in [2.45, 2.75) is 31.6 Å². The first-order valence-electron chi connectivity index (χ1n) is 3.26. The van der Waals surface area contributed by atoms with E-state index < -0.39 is 13.4 Å². The molecule has 0 spiro atoms. The number of hydrogen-bond donors (Lipinski definition) is 0. The van der Waals surface area contributed by atoms with Gasteiger partial charge in [0, 0.05) is 4.66 Å². The summed E-state index contributed by atoms with van der Waals surface area (Å²) in [6.45, 7) is 3.05. The summed E-state index contributed by atoms with van der Waals surface area (Å²) in [5.74, 6) is 0. The Morgan fingerprint density at radius 3 is 1.00 bits per heavy atom. The minimum Gasteiger partial charge on any atom is -0.146 e. The van der Waals surface area contributed by atoms with Gasteiger partial charge in [-0.05, 0) is 13.1 Å². The molecule has 0 radical (unpaired) electrons. The van der Waals surface area contributed by atoms with Crippen LogP contribution in [0.4, 0.5) is 0 Å². The van der Waals surface area contributed by atoms with E-state index in [1.54, 1.807) is 0 Å². The number of hydrogen-bond acceptors (Lipinski definition) is 0. The Bertz CT molecular complexity index is 128. The summed E-state index contributed by atoms with van der Waals surface area (Å²) in [4.78, 5) is 0. The van der Waals surface area contributed by atoms with E-state index in [9.17, 15) is 0 Å². The lowest BCUT2D eigenvalue weighted by molar-refractivity contribution is 0.917. The van der Waals surface area contributed by atoms with Crippen LogP contribution in [0.5, 0.6) is 0 Å². The molecular formula is C5H12Cl4Si2. The third-order valence-corrected chi connectivity index (χ3v) is 17.2. The van der Waals surface area contributed by atoms with Gasteiger partial charge in [0.05, 0.1) is 0 Å². The van der Waals surface area contributed by atoms with Gasteiger partial charge < -0.3 is 0 Å². The van der Waals surface area contributed by atoms with Crippen LogP contribution in [0.15, 0.2) is 0 Å². The monoisotopic (exact) mass is 268 g/mol. The molecule has 0 bridgehead atoms. The average molecular weight is 270 g/mol. The van der Waals surface area contributed by atoms with E-state index in [2.05, 4.69) is 0 Å². The standard InChI is InChI=1S/C5H12Cl4Si2/c1-5(2,10(3,6)7)11(4,8)9/h1-4H3. The van der Waals surface area contributed by atoms with Crippen molar-refractivity contribution in [3.63, 3.8) is 0 Å². The van der Waals surface area contributed by atoms with Gasteiger partial charge in [-0.15, -0.1) is 44.3 Å². The highest BCUT2D eigenvalue weighted by atomic mass is 35.7. The lowest BCUT2D eigenvalue weighted by atomic mass is 10.5. The highest BCUT2D eigenvalue weighted by Gasteiger charge is 2.54. The first-order valence-corrected chi connectivity index (χ1v) is 12.3. The summed E-state index contributed by atoms with van der Waals surface area (Å²) in [6.07, 6.45) is 0. The molecule has 11 heavy (non-hydrogen) atoms. The summed E-state index contributed by atoms with van der Waals surface area (Å²) >= 11 is 24.3. The van der Waals surface area contributed by atoms with Crippen LogP contribution in [0.2, 0.25) is 17.8 Å². The molecular weight excluding hydrogens is 258 g/mol. The topological polar surface area (TPSA) is 0 Å². The molecule has 0 aliphatic heterocycles. The average Bonchev–Trinajstić information content (AvgIpc) is 1.58. The van der Waals surface area contributed by atoms with Gasteiger partial charge in [-0.1, -0.05) is 13.8 Å². The molecule has 0 saturated carbocycles. The van der Waals surface area contributed by atoms with Crippen molar-refractivity contribution in [1.29, 1.82) is 0 Å². The molecule has 0 aliphatic rings. The van der Waals surface area contributed by atoms with E-state index in [1.807, 2.05) is 26.9 Å². The minimum atomic E-state index is -2.28. The fourth-order valence-corrected chi connectivity index (χ4v) is 12.0. The van der Waals surface area contributed by atoms with Crippen molar-refractivity contribution in [2.75, 3.05) is 0 Å². The van der Waals surface area contributed by atoms with Gasteiger partial charge in [0.15, 0.2) is 0 Å². The molecule has 0 fully saturated rings. The smallest absolute Gasteiger partial charge is 0.146 e. The second kappa shape index (κ2) is 3.39. The molecule has 0 heterocycles. The van der Waals surface area contributed by atoms with Crippen molar-refractivity contribution in [1.82, 2.24) is 0 Å². The zero-order valence-corrected chi connectivity index (χ0v) is 12.0. The third-order valence-electron chi connectivity index (χ3n) is 2.19. The summed E-state index contributed by atoms with van der Waals surface area (Å²) in [5.41, 5.74) is 0. The number of rotatable bonds is 2. The Kier molecular flexibility index (Phi) is 3.88. The van der Waals surface area contributed by atoms with Crippen LogP contribution in [-0.2, 0) is 0 Å². The molecule has 0 aromatic carbocycles. The Labute approximate surface area is 89.0 Å². The molecule has 68 valence electrons. The molecule has 0 N–H and O–H groups in total. The maximum absolute atomic E-state index is 6.08. The first kappa shape index (κ1) is 12.6. The normalized spacial score (nSPS) is 15.3. The summed E-state index contributed by atoms with van der Waals surface area (Å²) in [5, 5.41) is 0. The van der Waals surface area contributed by atoms with E-state index >= 15 is 0 Å². The molecule has 0 saturated heterocycles. The molecule has 0 nitrogen and oxygen atoms in total. The maximum atomic E-state index is 6.08. The highest BCUT2D eigenvalue weighted by Crippen LogP contribution is 2.52. The van der Waals surface area contributed by atoms with Crippen molar-refractivity contribution in [3.05, 3.63) is 0 Å². The zero-order chi connectivity index (χ0) is 9.50. The Hall–Kier alpha value is 1.59. The quantitative estimate of drug-likeness (QED) is 0.515. The molecule has 0 amide bonds. The van der Waals surface area contributed by atoms with Gasteiger partial charge in [-0.25, -0.2) is 0 Å². The Morgan fingerprint density at radius 1 is 0.818 bits per heavy atom. The second-order valence-electron chi connectivity index (χ2n) is 3.40. The molecule has 0 aliphatic carbocycles.